The number of carbonyl (C=O) groups is 1. The van der Waals surface area contributed by atoms with Gasteiger partial charge in [0.25, 0.3) is 0 Å². The van der Waals surface area contributed by atoms with E-state index in [0.717, 1.165) is 50.3 Å². The Labute approximate surface area is 127 Å². The van der Waals surface area contributed by atoms with E-state index in [4.69, 9.17) is 0 Å². The van der Waals surface area contributed by atoms with Crippen LogP contribution in [-0.2, 0) is 11.3 Å². The highest BCUT2D eigenvalue weighted by molar-refractivity contribution is 5.78. The van der Waals surface area contributed by atoms with Gasteiger partial charge in [0.1, 0.15) is 0 Å². The fourth-order valence-corrected chi connectivity index (χ4v) is 2.57. The molecule has 21 heavy (non-hydrogen) atoms. The van der Waals surface area contributed by atoms with E-state index >= 15 is 0 Å². The van der Waals surface area contributed by atoms with Gasteiger partial charge in [0.15, 0.2) is 0 Å². The summed E-state index contributed by atoms with van der Waals surface area (Å²) in [6.45, 7) is 6.11. The maximum Gasteiger partial charge on any atom is 0.236 e. The summed E-state index contributed by atoms with van der Waals surface area (Å²) in [7, 11) is 1.97. The second-order valence-electron chi connectivity index (χ2n) is 5.72. The van der Waals surface area contributed by atoms with Gasteiger partial charge in [0.2, 0.25) is 5.91 Å². The molecule has 1 aliphatic heterocycles. The summed E-state index contributed by atoms with van der Waals surface area (Å²) < 4.78 is 0. The van der Waals surface area contributed by atoms with Crippen molar-refractivity contribution in [2.45, 2.75) is 32.7 Å². The average molecular weight is 290 g/mol. The van der Waals surface area contributed by atoms with Crippen LogP contribution in [0, 0.1) is 0 Å². The molecule has 1 N–H and O–H groups in total. The number of nitrogens with zero attached hydrogens (tertiary/aromatic N) is 3. The molecule has 1 aromatic rings. The highest BCUT2D eigenvalue weighted by atomic mass is 16.2. The number of hydrogen-bond donors (Lipinski definition) is 1. The zero-order valence-electron chi connectivity index (χ0n) is 13.1. The van der Waals surface area contributed by atoms with Crippen LogP contribution in [0.3, 0.4) is 0 Å². The Morgan fingerprint density at radius 2 is 2.19 bits per heavy atom. The monoisotopic (exact) mass is 290 g/mol. The van der Waals surface area contributed by atoms with E-state index in [-0.39, 0.29) is 5.91 Å². The molecule has 2 heterocycles. The van der Waals surface area contributed by atoms with Crippen molar-refractivity contribution in [3.05, 3.63) is 24.0 Å². The first kappa shape index (κ1) is 15.8. The van der Waals surface area contributed by atoms with Crippen LogP contribution < -0.4 is 5.32 Å². The molecule has 5 heteroatoms. The van der Waals surface area contributed by atoms with Gasteiger partial charge in [-0.2, -0.15) is 0 Å². The predicted octanol–water partition coefficient (Wildman–Crippen LogP) is 1.96. The zero-order valence-corrected chi connectivity index (χ0v) is 13.1. The molecule has 0 saturated carbocycles. The van der Waals surface area contributed by atoms with Crippen LogP contribution in [0.25, 0.3) is 0 Å². The lowest BCUT2D eigenvalue weighted by molar-refractivity contribution is -0.131. The molecular formula is C16H26N4O. The van der Waals surface area contributed by atoms with E-state index in [0.29, 0.717) is 13.1 Å². The number of aromatic nitrogens is 1. The van der Waals surface area contributed by atoms with Crippen molar-refractivity contribution in [3.63, 3.8) is 0 Å². The highest BCUT2D eigenvalue weighted by Crippen LogP contribution is 2.11. The quantitative estimate of drug-likeness (QED) is 0.834. The first-order chi connectivity index (χ1) is 10.2. The molecule has 0 atom stereocenters. The van der Waals surface area contributed by atoms with E-state index in [1.165, 1.54) is 0 Å². The van der Waals surface area contributed by atoms with Crippen LogP contribution in [-0.4, -0.2) is 53.9 Å². The number of rotatable bonds is 7. The minimum absolute atomic E-state index is 0.232. The summed E-state index contributed by atoms with van der Waals surface area (Å²) in [5.41, 5.74) is 2.09. The molecule has 116 valence electrons. The number of nitrogens with one attached hydrogen (secondary N) is 1. The van der Waals surface area contributed by atoms with E-state index in [1.54, 1.807) is 0 Å². The van der Waals surface area contributed by atoms with Gasteiger partial charge in [-0.05, 0) is 38.4 Å². The summed E-state index contributed by atoms with van der Waals surface area (Å²) in [6.07, 6.45) is 5.20. The van der Waals surface area contributed by atoms with Crippen LogP contribution in [0.15, 0.2) is 18.3 Å². The van der Waals surface area contributed by atoms with Gasteiger partial charge in [-0.25, -0.2) is 0 Å². The van der Waals surface area contributed by atoms with Crippen molar-refractivity contribution in [2.75, 3.05) is 38.5 Å². The van der Waals surface area contributed by atoms with Crippen molar-refractivity contribution < 1.29 is 4.79 Å². The topological polar surface area (TPSA) is 48.5 Å². The molecule has 5 nitrogen and oxygen atoms in total. The fraction of sp³-hybridized carbons (Fsp3) is 0.625. The molecule has 1 amide bonds. The Bertz CT molecular complexity index is 457. The SMILES string of the molecule is CCCNc1ccnc(CN(C)CC(=O)N2CCCC2)c1. The molecule has 1 aliphatic rings. The number of pyridine rings is 1. The summed E-state index contributed by atoms with van der Waals surface area (Å²) in [5.74, 6) is 0.232. The van der Waals surface area contributed by atoms with Crippen molar-refractivity contribution in [2.24, 2.45) is 0 Å². The molecule has 0 radical (unpaired) electrons. The second-order valence-corrected chi connectivity index (χ2v) is 5.72. The van der Waals surface area contributed by atoms with Crippen molar-refractivity contribution in [1.29, 1.82) is 0 Å². The highest BCUT2D eigenvalue weighted by Gasteiger charge is 2.19. The lowest BCUT2D eigenvalue weighted by Crippen LogP contribution is -2.37. The Balaban J connectivity index is 1.83. The van der Waals surface area contributed by atoms with Gasteiger partial charge in [-0.3, -0.25) is 14.7 Å². The summed E-state index contributed by atoms with van der Waals surface area (Å²) in [5, 5.41) is 3.36. The summed E-state index contributed by atoms with van der Waals surface area (Å²) in [6, 6.07) is 4.04. The van der Waals surface area contributed by atoms with Crippen molar-refractivity contribution in [3.8, 4) is 0 Å². The van der Waals surface area contributed by atoms with Gasteiger partial charge < -0.3 is 10.2 Å². The van der Waals surface area contributed by atoms with Crippen LogP contribution in [0.2, 0.25) is 0 Å². The molecule has 1 saturated heterocycles. The minimum Gasteiger partial charge on any atom is -0.385 e. The minimum atomic E-state index is 0.232. The fourth-order valence-electron chi connectivity index (χ4n) is 2.57. The molecule has 0 aliphatic carbocycles. The smallest absolute Gasteiger partial charge is 0.236 e. The number of likely N-dealkylation sites (N-methyl/N-ethyl adjacent to an activating group) is 1. The number of carbonyl (C=O) groups excluding carboxylic acids is 1. The summed E-state index contributed by atoms with van der Waals surface area (Å²) >= 11 is 0. The molecule has 0 spiro atoms. The molecule has 1 aromatic heterocycles. The van der Waals surface area contributed by atoms with E-state index in [2.05, 4.69) is 23.3 Å². The molecule has 1 fully saturated rings. The molecule has 0 bridgehead atoms. The third-order valence-corrected chi connectivity index (χ3v) is 3.69. The van der Waals surface area contributed by atoms with Crippen molar-refractivity contribution >= 4 is 11.6 Å². The average Bonchev–Trinajstić information content (AvgIpc) is 2.99. The Kier molecular flexibility index (Phi) is 5.99. The normalized spacial score (nSPS) is 14.7. The number of likely N-dealkylation sites (tertiary alicyclic amines) is 1. The van der Waals surface area contributed by atoms with Crippen LogP contribution in [0.1, 0.15) is 31.9 Å². The Morgan fingerprint density at radius 3 is 2.90 bits per heavy atom. The van der Waals surface area contributed by atoms with E-state index in [1.807, 2.05) is 29.1 Å². The third kappa shape index (κ3) is 5.01. The number of anilines is 1. The lowest BCUT2D eigenvalue weighted by Gasteiger charge is -2.21. The van der Waals surface area contributed by atoms with E-state index < -0.39 is 0 Å². The number of hydrogen-bond acceptors (Lipinski definition) is 4. The van der Waals surface area contributed by atoms with E-state index in [9.17, 15) is 4.79 Å². The Hall–Kier alpha value is -1.62. The van der Waals surface area contributed by atoms with Crippen molar-refractivity contribution in [1.82, 2.24) is 14.8 Å². The maximum absolute atomic E-state index is 12.1. The Morgan fingerprint density at radius 1 is 1.43 bits per heavy atom. The molecule has 2 rings (SSSR count). The largest absolute Gasteiger partial charge is 0.385 e. The van der Waals surface area contributed by atoms with Gasteiger partial charge in [-0.15, -0.1) is 0 Å². The second kappa shape index (κ2) is 7.98. The molecule has 0 unspecified atom stereocenters. The first-order valence-corrected chi connectivity index (χ1v) is 7.84. The standard InChI is InChI=1S/C16H26N4O/c1-3-7-17-14-6-8-18-15(11-14)12-19(2)13-16(21)20-9-4-5-10-20/h6,8,11H,3-5,7,9-10,12-13H2,1-2H3,(H,17,18). The number of amides is 1. The van der Waals surface area contributed by atoms with Gasteiger partial charge in [-0.1, -0.05) is 6.92 Å². The molecule has 0 aromatic carbocycles. The van der Waals surface area contributed by atoms with Gasteiger partial charge in [0, 0.05) is 38.1 Å². The van der Waals surface area contributed by atoms with Crippen LogP contribution in [0.5, 0.6) is 0 Å². The van der Waals surface area contributed by atoms with Crippen LogP contribution in [0.4, 0.5) is 5.69 Å². The van der Waals surface area contributed by atoms with Gasteiger partial charge in [0.05, 0.1) is 12.2 Å². The first-order valence-electron chi connectivity index (χ1n) is 7.84. The molecular weight excluding hydrogens is 264 g/mol. The zero-order chi connectivity index (χ0) is 15.1. The van der Waals surface area contributed by atoms with Crippen LogP contribution >= 0.6 is 0 Å². The third-order valence-electron chi connectivity index (χ3n) is 3.69. The maximum atomic E-state index is 12.1. The predicted molar refractivity (Wildman–Crippen MR) is 85.2 cm³/mol. The summed E-state index contributed by atoms with van der Waals surface area (Å²) in [4.78, 5) is 20.5. The lowest BCUT2D eigenvalue weighted by atomic mass is 10.3. The van der Waals surface area contributed by atoms with Gasteiger partial charge >= 0.3 is 0 Å².